The van der Waals surface area contributed by atoms with Crippen molar-refractivity contribution in [2.75, 3.05) is 44.2 Å². The topological polar surface area (TPSA) is 43.9 Å². The molecule has 0 radical (unpaired) electrons. The normalized spacial score (nSPS) is 19.1. The van der Waals surface area contributed by atoms with Crippen molar-refractivity contribution in [3.63, 3.8) is 0 Å². The van der Waals surface area contributed by atoms with Crippen LogP contribution in [0.5, 0.6) is 0 Å². The number of hydrogen-bond acceptors (Lipinski definition) is 4. The molecule has 5 nitrogen and oxygen atoms in total. The summed E-state index contributed by atoms with van der Waals surface area (Å²) in [6, 6.07) is 7.98. The summed E-state index contributed by atoms with van der Waals surface area (Å²) in [4.78, 5) is 29.8. The first kappa shape index (κ1) is 20.0. The maximum atomic E-state index is 11.8. The number of piperidine rings is 1. The van der Waals surface area contributed by atoms with Crippen molar-refractivity contribution < 1.29 is 9.59 Å². The molecular formula is C18H25Cl2N3O2. The van der Waals surface area contributed by atoms with Crippen LogP contribution < -0.4 is 4.90 Å². The third-order valence-electron chi connectivity index (χ3n) is 4.80. The Bertz CT molecular complexity index is 570. The second kappa shape index (κ2) is 9.41. The fraction of sp³-hybridized carbons (Fsp3) is 0.556. The number of carbonyl (C=O) groups excluding carboxylic acids is 2. The monoisotopic (exact) mass is 385 g/mol. The fourth-order valence-corrected chi connectivity index (χ4v) is 3.51. The second-order valence-corrected chi connectivity index (χ2v) is 6.89. The third-order valence-corrected chi connectivity index (χ3v) is 5.06. The number of rotatable bonds is 5. The average Bonchev–Trinajstić information content (AvgIpc) is 2.59. The minimum Gasteiger partial charge on any atom is -0.369 e. The Morgan fingerprint density at radius 2 is 1.48 bits per heavy atom. The number of hydrogen-bond donors (Lipinski definition) is 0. The molecule has 0 unspecified atom stereocenters. The van der Waals surface area contributed by atoms with Crippen LogP contribution in [0.4, 0.5) is 5.69 Å². The van der Waals surface area contributed by atoms with Gasteiger partial charge in [0, 0.05) is 56.3 Å². The van der Waals surface area contributed by atoms with Gasteiger partial charge in [-0.15, -0.1) is 12.4 Å². The molecule has 0 aliphatic carbocycles. The predicted molar refractivity (Wildman–Crippen MR) is 103 cm³/mol. The van der Waals surface area contributed by atoms with E-state index >= 15 is 0 Å². The van der Waals surface area contributed by atoms with Crippen LogP contribution in [0.15, 0.2) is 24.3 Å². The van der Waals surface area contributed by atoms with Crippen LogP contribution in [0.1, 0.15) is 25.7 Å². The van der Waals surface area contributed by atoms with Crippen molar-refractivity contribution in [3.05, 3.63) is 29.3 Å². The molecule has 0 atom stereocenters. The Labute approximate surface area is 160 Å². The summed E-state index contributed by atoms with van der Waals surface area (Å²) in [5.41, 5.74) is 1.21. The van der Waals surface area contributed by atoms with E-state index in [9.17, 15) is 9.59 Å². The van der Waals surface area contributed by atoms with E-state index in [0.717, 1.165) is 44.2 Å². The molecule has 1 aromatic carbocycles. The molecule has 3 rings (SSSR count). The lowest BCUT2D eigenvalue weighted by atomic mass is 10.1. The van der Waals surface area contributed by atoms with Gasteiger partial charge in [-0.05, 0) is 43.7 Å². The van der Waals surface area contributed by atoms with Gasteiger partial charge in [0.05, 0.1) is 0 Å². The molecule has 0 N–H and O–H groups in total. The molecule has 7 heteroatoms. The van der Waals surface area contributed by atoms with Crippen LogP contribution in [0.25, 0.3) is 0 Å². The first-order valence-corrected chi connectivity index (χ1v) is 9.07. The molecule has 2 amide bonds. The molecule has 0 aromatic heterocycles. The Hall–Kier alpha value is -1.30. The molecule has 1 aromatic rings. The highest BCUT2D eigenvalue weighted by Gasteiger charge is 2.25. The lowest BCUT2D eigenvalue weighted by Gasteiger charge is -2.36. The highest BCUT2D eigenvalue weighted by Crippen LogP contribution is 2.19. The lowest BCUT2D eigenvalue weighted by Crippen LogP contribution is -2.47. The van der Waals surface area contributed by atoms with Crippen molar-refractivity contribution >= 4 is 41.5 Å². The highest BCUT2D eigenvalue weighted by atomic mass is 35.5. The Morgan fingerprint density at radius 3 is 2.08 bits per heavy atom. The van der Waals surface area contributed by atoms with Gasteiger partial charge in [-0.1, -0.05) is 11.6 Å². The number of amides is 2. The van der Waals surface area contributed by atoms with E-state index in [4.69, 9.17) is 11.6 Å². The van der Waals surface area contributed by atoms with Crippen LogP contribution in [0, 0.1) is 0 Å². The van der Waals surface area contributed by atoms with Crippen LogP contribution in [-0.4, -0.2) is 60.9 Å². The van der Waals surface area contributed by atoms with Gasteiger partial charge in [-0.2, -0.15) is 0 Å². The summed E-state index contributed by atoms with van der Waals surface area (Å²) < 4.78 is 0. The van der Waals surface area contributed by atoms with Crippen LogP contribution >= 0.6 is 24.0 Å². The van der Waals surface area contributed by atoms with Crippen molar-refractivity contribution in [1.82, 2.24) is 9.80 Å². The standard InChI is InChI=1S/C18H24ClN3O2.ClH/c19-15-5-7-16(8-6-15)21-13-11-20(12-14-21)9-2-10-22-17(23)3-1-4-18(22)24;/h5-8H,1-4,9-14H2;1H. The van der Waals surface area contributed by atoms with Gasteiger partial charge in [0.15, 0.2) is 0 Å². The Balaban J connectivity index is 0.00000225. The lowest BCUT2D eigenvalue weighted by molar-refractivity contribution is -0.148. The largest absolute Gasteiger partial charge is 0.369 e. The predicted octanol–water partition coefficient (Wildman–Crippen LogP) is 2.81. The maximum absolute atomic E-state index is 11.8. The molecule has 0 saturated carbocycles. The van der Waals surface area contributed by atoms with Crippen molar-refractivity contribution in [3.8, 4) is 0 Å². The van der Waals surface area contributed by atoms with Gasteiger partial charge in [0.2, 0.25) is 11.8 Å². The van der Waals surface area contributed by atoms with Crippen molar-refractivity contribution in [2.24, 2.45) is 0 Å². The number of benzene rings is 1. The molecule has 0 bridgehead atoms. The van der Waals surface area contributed by atoms with E-state index in [1.807, 2.05) is 12.1 Å². The zero-order valence-corrected chi connectivity index (χ0v) is 15.9. The van der Waals surface area contributed by atoms with E-state index in [1.165, 1.54) is 10.6 Å². The van der Waals surface area contributed by atoms with E-state index in [-0.39, 0.29) is 24.2 Å². The number of nitrogens with zero attached hydrogens (tertiary/aromatic N) is 3. The van der Waals surface area contributed by atoms with Gasteiger partial charge in [0.25, 0.3) is 0 Å². The minimum absolute atomic E-state index is 0. The third kappa shape index (κ3) is 5.33. The minimum atomic E-state index is -0.00110. The quantitative estimate of drug-likeness (QED) is 0.730. The van der Waals surface area contributed by atoms with Crippen molar-refractivity contribution in [2.45, 2.75) is 25.7 Å². The van der Waals surface area contributed by atoms with Gasteiger partial charge >= 0.3 is 0 Å². The number of anilines is 1. The highest BCUT2D eigenvalue weighted by molar-refractivity contribution is 6.30. The molecule has 0 spiro atoms. The van der Waals surface area contributed by atoms with Gasteiger partial charge in [-0.3, -0.25) is 19.4 Å². The molecule has 138 valence electrons. The van der Waals surface area contributed by atoms with E-state index in [1.54, 1.807) is 0 Å². The maximum Gasteiger partial charge on any atom is 0.229 e. The Morgan fingerprint density at radius 1 is 0.880 bits per heavy atom. The second-order valence-electron chi connectivity index (χ2n) is 6.45. The SMILES string of the molecule is Cl.O=C1CCCC(=O)N1CCCN1CCN(c2ccc(Cl)cc2)CC1. The molecule has 2 fully saturated rings. The van der Waals surface area contributed by atoms with E-state index in [2.05, 4.69) is 21.9 Å². The van der Waals surface area contributed by atoms with Gasteiger partial charge in [0.1, 0.15) is 0 Å². The summed E-state index contributed by atoms with van der Waals surface area (Å²) >= 11 is 5.94. The van der Waals surface area contributed by atoms with Crippen LogP contribution in [0.3, 0.4) is 0 Å². The summed E-state index contributed by atoms with van der Waals surface area (Å²) in [6.07, 6.45) is 2.61. The van der Waals surface area contributed by atoms with Gasteiger partial charge < -0.3 is 4.90 Å². The Kier molecular flexibility index (Phi) is 7.54. The van der Waals surface area contributed by atoms with Gasteiger partial charge in [-0.25, -0.2) is 0 Å². The van der Waals surface area contributed by atoms with Crippen LogP contribution in [-0.2, 0) is 9.59 Å². The van der Waals surface area contributed by atoms with E-state index in [0.29, 0.717) is 25.8 Å². The number of piperazine rings is 1. The zero-order chi connectivity index (χ0) is 16.9. The fourth-order valence-electron chi connectivity index (χ4n) is 3.38. The molecule has 2 saturated heterocycles. The van der Waals surface area contributed by atoms with E-state index < -0.39 is 0 Å². The smallest absolute Gasteiger partial charge is 0.229 e. The molecule has 25 heavy (non-hydrogen) atoms. The number of halogens is 2. The summed E-state index contributed by atoms with van der Waals surface area (Å²) in [5, 5.41) is 0.763. The molecule has 2 aliphatic rings. The first-order valence-electron chi connectivity index (χ1n) is 8.69. The molecular weight excluding hydrogens is 361 g/mol. The summed E-state index contributed by atoms with van der Waals surface area (Å²) in [5.74, 6) is -0.00221. The number of imide groups is 1. The summed E-state index contributed by atoms with van der Waals surface area (Å²) in [7, 11) is 0. The van der Waals surface area contributed by atoms with Crippen LogP contribution in [0.2, 0.25) is 5.02 Å². The summed E-state index contributed by atoms with van der Waals surface area (Å²) in [6.45, 7) is 5.49. The average molecular weight is 386 g/mol. The number of likely N-dealkylation sites (tertiary alicyclic amines) is 1. The molecule has 2 aliphatic heterocycles. The molecule has 2 heterocycles. The first-order chi connectivity index (χ1) is 11.6. The van der Waals surface area contributed by atoms with Crippen molar-refractivity contribution in [1.29, 1.82) is 0 Å². The number of carbonyl (C=O) groups is 2. The zero-order valence-electron chi connectivity index (χ0n) is 14.3.